The van der Waals surface area contributed by atoms with Crippen molar-refractivity contribution in [2.75, 3.05) is 50.1 Å². The first-order valence-corrected chi connectivity index (χ1v) is 9.14. The SMILES string of the molecule is COc1ccc(N2CC[NH+](CC(=O)Nc3ncc(Cl)cc3Cl)CC2)cc1. The molecule has 1 aromatic carbocycles. The van der Waals surface area contributed by atoms with Crippen molar-refractivity contribution < 1.29 is 14.4 Å². The second kappa shape index (κ2) is 8.58. The highest BCUT2D eigenvalue weighted by Gasteiger charge is 2.23. The van der Waals surface area contributed by atoms with Gasteiger partial charge in [0.15, 0.2) is 12.4 Å². The van der Waals surface area contributed by atoms with Gasteiger partial charge < -0.3 is 19.9 Å². The van der Waals surface area contributed by atoms with Crippen LogP contribution in [0.5, 0.6) is 5.75 Å². The molecule has 1 aromatic heterocycles. The van der Waals surface area contributed by atoms with Crippen molar-refractivity contribution in [1.82, 2.24) is 4.98 Å². The molecule has 0 bridgehead atoms. The number of carbonyl (C=O) groups is 1. The summed E-state index contributed by atoms with van der Waals surface area (Å²) in [4.78, 5) is 19.9. The van der Waals surface area contributed by atoms with E-state index in [0.717, 1.165) is 31.9 Å². The van der Waals surface area contributed by atoms with Crippen LogP contribution in [0, 0.1) is 0 Å². The average molecular weight is 396 g/mol. The molecule has 26 heavy (non-hydrogen) atoms. The van der Waals surface area contributed by atoms with Gasteiger partial charge in [0.05, 0.1) is 43.3 Å². The highest BCUT2D eigenvalue weighted by molar-refractivity contribution is 6.36. The van der Waals surface area contributed by atoms with Crippen LogP contribution in [0.15, 0.2) is 36.5 Å². The van der Waals surface area contributed by atoms with Crippen LogP contribution in [-0.4, -0.2) is 50.7 Å². The Kier molecular flexibility index (Phi) is 6.19. The number of nitrogens with zero attached hydrogens (tertiary/aromatic N) is 2. The molecule has 6 nitrogen and oxygen atoms in total. The largest absolute Gasteiger partial charge is 0.497 e. The third kappa shape index (κ3) is 4.78. The Labute approximate surface area is 162 Å². The van der Waals surface area contributed by atoms with E-state index in [1.807, 2.05) is 12.1 Å². The number of quaternary nitrogens is 1. The maximum atomic E-state index is 12.2. The Morgan fingerprint density at radius 2 is 1.96 bits per heavy atom. The maximum absolute atomic E-state index is 12.2. The van der Waals surface area contributed by atoms with Crippen LogP contribution >= 0.6 is 23.2 Å². The van der Waals surface area contributed by atoms with E-state index < -0.39 is 0 Å². The van der Waals surface area contributed by atoms with Crippen molar-refractivity contribution >= 4 is 40.6 Å². The van der Waals surface area contributed by atoms with Crippen molar-refractivity contribution in [2.24, 2.45) is 0 Å². The monoisotopic (exact) mass is 395 g/mol. The van der Waals surface area contributed by atoms with Crippen molar-refractivity contribution in [3.8, 4) is 5.75 Å². The summed E-state index contributed by atoms with van der Waals surface area (Å²) in [6.07, 6.45) is 1.46. The first-order valence-electron chi connectivity index (χ1n) is 8.38. The molecule has 0 atom stereocenters. The second-order valence-electron chi connectivity index (χ2n) is 6.14. The Balaban J connectivity index is 1.49. The summed E-state index contributed by atoms with van der Waals surface area (Å²) in [5.41, 5.74) is 1.17. The summed E-state index contributed by atoms with van der Waals surface area (Å²) >= 11 is 11.9. The maximum Gasteiger partial charge on any atom is 0.280 e. The van der Waals surface area contributed by atoms with Gasteiger partial charge >= 0.3 is 0 Å². The van der Waals surface area contributed by atoms with Gasteiger partial charge in [-0.05, 0) is 30.3 Å². The number of hydrogen-bond acceptors (Lipinski definition) is 4. The molecule has 0 spiro atoms. The first-order chi connectivity index (χ1) is 12.5. The Morgan fingerprint density at radius 1 is 1.27 bits per heavy atom. The molecule has 0 saturated carbocycles. The summed E-state index contributed by atoms with van der Waals surface area (Å²) in [5, 5.41) is 3.53. The molecule has 8 heteroatoms. The van der Waals surface area contributed by atoms with E-state index in [9.17, 15) is 4.79 Å². The van der Waals surface area contributed by atoms with Crippen molar-refractivity contribution in [1.29, 1.82) is 0 Å². The zero-order valence-electron chi connectivity index (χ0n) is 14.5. The number of piperazine rings is 1. The van der Waals surface area contributed by atoms with E-state index in [1.165, 1.54) is 16.8 Å². The summed E-state index contributed by atoms with van der Waals surface area (Å²) < 4.78 is 5.19. The fraction of sp³-hybridized carbons (Fsp3) is 0.333. The lowest BCUT2D eigenvalue weighted by molar-refractivity contribution is -0.892. The van der Waals surface area contributed by atoms with E-state index in [1.54, 1.807) is 13.2 Å². The van der Waals surface area contributed by atoms with Gasteiger partial charge in [-0.3, -0.25) is 4.79 Å². The smallest absolute Gasteiger partial charge is 0.280 e. The molecule has 2 heterocycles. The second-order valence-corrected chi connectivity index (χ2v) is 6.99. The number of rotatable bonds is 5. The van der Waals surface area contributed by atoms with Crippen LogP contribution in [0.25, 0.3) is 0 Å². The summed E-state index contributed by atoms with van der Waals surface area (Å²) in [7, 11) is 1.66. The fourth-order valence-corrected chi connectivity index (χ4v) is 3.39. The van der Waals surface area contributed by atoms with E-state index >= 15 is 0 Å². The number of methoxy groups -OCH3 is 1. The molecule has 1 amide bonds. The molecule has 1 aliphatic heterocycles. The molecule has 0 unspecified atom stereocenters. The number of nitrogens with one attached hydrogen (secondary N) is 2. The number of anilines is 2. The number of ether oxygens (including phenoxy) is 1. The molecular weight excluding hydrogens is 375 g/mol. The predicted molar refractivity (Wildman–Crippen MR) is 104 cm³/mol. The number of aromatic nitrogens is 1. The Hall–Kier alpha value is -2.02. The lowest BCUT2D eigenvalue weighted by Gasteiger charge is -2.33. The van der Waals surface area contributed by atoms with Crippen LogP contribution in [0.4, 0.5) is 11.5 Å². The van der Waals surface area contributed by atoms with Gasteiger partial charge in [0.25, 0.3) is 5.91 Å². The molecule has 3 rings (SSSR count). The van der Waals surface area contributed by atoms with Gasteiger partial charge in [0, 0.05) is 11.9 Å². The quantitative estimate of drug-likeness (QED) is 0.809. The van der Waals surface area contributed by atoms with Crippen molar-refractivity contribution in [3.63, 3.8) is 0 Å². The van der Waals surface area contributed by atoms with Crippen LogP contribution < -0.4 is 19.9 Å². The minimum atomic E-state index is -0.102. The molecule has 138 valence electrons. The van der Waals surface area contributed by atoms with Gasteiger partial charge in [0.1, 0.15) is 5.75 Å². The van der Waals surface area contributed by atoms with Crippen molar-refractivity contribution in [3.05, 3.63) is 46.6 Å². The number of carbonyl (C=O) groups excluding carboxylic acids is 1. The molecule has 1 aliphatic rings. The van der Waals surface area contributed by atoms with Crippen LogP contribution in [0.2, 0.25) is 10.0 Å². The lowest BCUT2D eigenvalue weighted by Crippen LogP contribution is -3.15. The summed E-state index contributed by atoms with van der Waals surface area (Å²) in [6, 6.07) is 9.61. The topological polar surface area (TPSA) is 58.9 Å². The van der Waals surface area contributed by atoms with Crippen molar-refractivity contribution in [2.45, 2.75) is 0 Å². The number of amides is 1. The van der Waals surface area contributed by atoms with Gasteiger partial charge in [-0.25, -0.2) is 4.98 Å². The normalized spacial score (nSPS) is 15.0. The number of hydrogen-bond donors (Lipinski definition) is 2. The molecular formula is C18H21Cl2N4O2+. The molecule has 2 aromatic rings. The molecule has 1 fully saturated rings. The van der Waals surface area contributed by atoms with E-state index in [2.05, 4.69) is 27.3 Å². The lowest BCUT2D eigenvalue weighted by atomic mass is 10.2. The van der Waals surface area contributed by atoms with E-state index in [0.29, 0.717) is 22.4 Å². The minimum Gasteiger partial charge on any atom is -0.497 e. The van der Waals surface area contributed by atoms with Gasteiger partial charge in [-0.15, -0.1) is 0 Å². The average Bonchev–Trinajstić information content (AvgIpc) is 2.65. The highest BCUT2D eigenvalue weighted by Crippen LogP contribution is 2.22. The fourth-order valence-electron chi connectivity index (χ4n) is 2.96. The van der Waals surface area contributed by atoms with Crippen LogP contribution in [-0.2, 0) is 4.79 Å². The molecule has 0 aliphatic carbocycles. The Bertz CT molecular complexity index is 762. The summed E-state index contributed by atoms with van der Waals surface area (Å²) in [5.74, 6) is 1.09. The zero-order valence-corrected chi connectivity index (χ0v) is 16.0. The standard InChI is InChI=1S/C18H20Cl2N4O2/c1-26-15-4-2-14(3-5-15)24-8-6-23(7-9-24)12-17(25)22-18-16(20)10-13(19)11-21-18/h2-5,10-11H,6-9,12H2,1H3,(H,21,22,25)/p+1. The Morgan fingerprint density at radius 3 is 2.58 bits per heavy atom. The number of benzene rings is 1. The summed E-state index contributed by atoms with van der Waals surface area (Å²) in [6.45, 7) is 3.96. The number of halogens is 2. The van der Waals surface area contributed by atoms with Gasteiger partial charge in [-0.1, -0.05) is 23.2 Å². The van der Waals surface area contributed by atoms with E-state index in [4.69, 9.17) is 27.9 Å². The highest BCUT2D eigenvalue weighted by atomic mass is 35.5. The first kappa shape index (κ1) is 18.8. The van der Waals surface area contributed by atoms with Crippen LogP contribution in [0.1, 0.15) is 0 Å². The molecule has 1 saturated heterocycles. The number of pyridine rings is 1. The third-order valence-corrected chi connectivity index (χ3v) is 4.88. The minimum absolute atomic E-state index is 0.102. The predicted octanol–water partition coefficient (Wildman–Crippen LogP) is 1.74. The third-order valence-electron chi connectivity index (χ3n) is 4.38. The molecule has 2 N–H and O–H groups in total. The zero-order chi connectivity index (χ0) is 18.5. The van der Waals surface area contributed by atoms with E-state index in [-0.39, 0.29) is 5.91 Å². The van der Waals surface area contributed by atoms with Crippen LogP contribution in [0.3, 0.4) is 0 Å². The van der Waals surface area contributed by atoms with Gasteiger partial charge in [0.2, 0.25) is 0 Å². The van der Waals surface area contributed by atoms with Gasteiger partial charge in [-0.2, -0.15) is 0 Å². The molecule has 0 radical (unpaired) electrons.